The molecule has 0 unspecified atom stereocenters. The van der Waals surface area contributed by atoms with E-state index in [1.807, 2.05) is 18.2 Å². The summed E-state index contributed by atoms with van der Waals surface area (Å²) in [5, 5.41) is 9.49. The molecular weight excluding hydrogens is 264 g/mol. The molecular formula is C15H11ClO3. The molecule has 0 amide bonds. The second-order valence-electron chi connectivity index (χ2n) is 4.43. The van der Waals surface area contributed by atoms with Gasteiger partial charge in [0.15, 0.2) is 0 Å². The van der Waals surface area contributed by atoms with Crippen molar-refractivity contribution in [1.82, 2.24) is 0 Å². The maximum atomic E-state index is 11.1. The topological polar surface area (TPSA) is 46.5 Å². The molecule has 0 aliphatic carbocycles. The highest BCUT2D eigenvalue weighted by Gasteiger charge is 2.18. The molecule has 1 N–H and O–H groups in total. The van der Waals surface area contributed by atoms with Crippen LogP contribution in [0.3, 0.4) is 0 Å². The van der Waals surface area contributed by atoms with E-state index < -0.39 is 5.97 Å². The Balaban J connectivity index is 2.17. The largest absolute Gasteiger partial charge is 0.492 e. The van der Waals surface area contributed by atoms with Crippen molar-refractivity contribution in [3.63, 3.8) is 0 Å². The number of ether oxygens (including phenoxy) is 1. The Morgan fingerprint density at radius 3 is 2.89 bits per heavy atom. The minimum atomic E-state index is -0.989. The lowest BCUT2D eigenvalue weighted by Crippen LogP contribution is -1.97. The number of para-hydroxylation sites is 1. The first-order valence-corrected chi connectivity index (χ1v) is 6.32. The lowest BCUT2D eigenvalue weighted by molar-refractivity contribution is 0.0697. The standard InChI is InChI=1S/C15H11ClO3/c16-12-7-10(6-11(8-12)15(17)18)13-3-1-2-9-4-5-19-14(9)13/h1-3,6-8H,4-5H2,(H,17,18). The highest BCUT2D eigenvalue weighted by Crippen LogP contribution is 2.37. The molecule has 0 fully saturated rings. The lowest BCUT2D eigenvalue weighted by atomic mass is 9.99. The number of carboxylic acid groups (broad SMARTS) is 1. The zero-order chi connectivity index (χ0) is 13.4. The van der Waals surface area contributed by atoms with Crippen LogP contribution in [-0.2, 0) is 6.42 Å². The van der Waals surface area contributed by atoms with Crippen LogP contribution in [0.15, 0.2) is 36.4 Å². The van der Waals surface area contributed by atoms with Gasteiger partial charge in [-0.1, -0.05) is 29.8 Å². The third-order valence-corrected chi connectivity index (χ3v) is 3.39. The molecule has 0 radical (unpaired) electrons. The minimum Gasteiger partial charge on any atom is -0.492 e. The van der Waals surface area contributed by atoms with Crippen molar-refractivity contribution >= 4 is 17.6 Å². The number of aromatic carboxylic acids is 1. The van der Waals surface area contributed by atoms with E-state index in [1.165, 1.54) is 6.07 Å². The van der Waals surface area contributed by atoms with E-state index in [0.29, 0.717) is 11.6 Å². The van der Waals surface area contributed by atoms with E-state index in [0.717, 1.165) is 28.9 Å². The smallest absolute Gasteiger partial charge is 0.335 e. The Kier molecular flexibility index (Phi) is 2.91. The Morgan fingerprint density at radius 1 is 1.26 bits per heavy atom. The van der Waals surface area contributed by atoms with Crippen molar-refractivity contribution < 1.29 is 14.6 Å². The van der Waals surface area contributed by atoms with Crippen molar-refractivity contribution in [2.75, 3.05) is 6.61 Å². The van der Waals surface area contributed by atoms with Gasteiger partial charge in [0, 0.05) is 17.0 Å². The summed E-state index contributed by atoms with van der Waals surface area (Å²) in [6.45, 7) is 0.665. The molecule has 0 spiro atoms. The van der Waals surface area contributed by atoms with Crippen molar-refractivity contribution in [3.8, 4) is 16.9 Å². The molecule has 1 aliphatic heterocycles. The number of hydrogen-bond donors (Lipinski definition) is 1. The van der Waals surface area contributed by atoms with Gasteiger partial charge in [-0.05, 0) is 29.3 Å². The fraction of sp³-hybridized carbons (Fsp3) is 0.133. The fourth-order valence-corrected chi connectivity index (χ4v) is 2.55. The number of carboxylic acids is 1. The van der Waals surface area contributed by atoms with Crippen LogP contribution in [0.4, 0.5) is 0 Å². The van der Waals surface area contributed by atoms with Crippen molar-refractivity contribution in [1.29, 1.82) is 0 Å². The van der Waals surface area contributed by atoms with E-state index >= 15 is 0 Å². The number of benzene rings is 2. The first kappa shape index (κ1) is 12.1. The van der Waals surface area contributed by atoms with Crippen LogP contribution in [0, 0.1) is 0 Å². The Morgan fingerprint density at radius 2 is 2.11 bits per heavy atom. The van der Waals surface area contributed by atoms with E-state index in [2.05, 4.69) is 0 Å². The van der Waals surface area contributed by atoms with Gasteiger partial charge in [-0.3, -0.25) is 0 Å². The van der Waals surface area contributed by atoms with Gasteiger partial charge < -0.3 is 9.84 Å². The van der Waals surface area contributed by atoms with Gasteiger partial charge in [0.05, 0.1) is 12.2 Å². The van der Waals surface area contributed by atoms with Crippen LogP contribution in [0.25, 0.3) is 11.1 Å². The summed E-state index contributed by atoms with van der Waals surface area (Å²) in [5.41, 5.74) is 2.98. The zero-order valence-corrected chi connectivity index (χ0v) is 10.8. The second kappa shape index (κ2) is 4.59. The average Bonchev–Trinajstić information content (AvgIpc) is 2.85. The van der Waals surface area contributed by atoms with E-state index in [9.17, 15) is 4.79 Å². The second-order valence-corrected chi connectivity index (χ2v) is 4.86. The summed E-state index contributed by atoms with van der Waals surface area (Å²) in [7, 11) is 0. The number of halogens is 1. The van der Waals surface area contributed by atoms with Gasteiger partial charge in [-0.25, -0.2) is 4.79 Å². The molecule has 19 heavy (non-hydrogen) atoms. The first-order valence-electron chi connectivity index (χ1n) is 5.94. The van der Waals surface area contributed by atoms with E-state index in [4.69, 9.17) is 21.4 Å². The summed E-state index contributed by atoms with van der Waals surface area (Å²) in [5.74, 6) is -0.154. The predicted octanol–water partition coefficient (Wildman–Crippen LogP) is 3.64. The molecule has 96 valence electrons. The third-order valence-electron chi connectivity index (χ3n) is 3.17. The quantitative estimate of drug-likeness (QED) is 0.909. The van der Waals surface area contributed by atoms with Crippen molar-refractivity contribution in [2.45, 2.75) is 6.42 Å². The van der Waals surface area contributed by atoms with Crippen molar-refractivity contribution in [2.24, 2.45) is 0 Å². The van der Waals surface area contributed by atoms with Crippen LogP contribution in [0.5, 0.6) is 5.75 Å². The SMILES string of the molecule is O=C(O)c1cc(Cl)cc(-c2cccc3c2OCC3)c1. The number of hydrogen-bond acceptors (Lipinski definition) is 2. The van der Waals surface area contributed by atoms with Gasteiger partial charge in [0.2, 0.25) is 0 Å². The monoisotopic (exact) mass is 274 g/mol. The average molecular weight is 275 g/mol. The van der Waals surface area contributed by atoms with Gasteiger partial charge in [-0.15, -0.1) is 0 Å². The molecule has 0 atom stereocenters. The molecule has 0 saturated heterocycles. The molecule has 0 bridgehead atoms. The molecule has 3 nitrogen and oxygen atoms in total. The number of rotatable bonds is 2. The summed E-state index contributed by atoms with van der Waals surface area (Å²) in [6, 6.07) is 10.7. The van der Waals surface area contributed by atoms with Crippen molar-refractivity contribution in [3.05, 3.63) is 52.5 Å². The molecule has 0 saturated carbocycles. The predicted molar refractivity (Wildman–Crippen MR) is 73.0 cm³/mol. The summed E-state index contributed by atoms with van der Waals surface area (Å²) in [4.78, 5) is 11.1. The van der Waals surface area contributed by atoms with E-state index in [1.54, 1.807) is 12.1 Å². The molecule has 1 aliphatic rings. The molecule has 4 heteroatoms. The molecule has 1 heterocycles. The first-order chi connectivity index (χ1) is 9.15. The maximum absolute atomic E-state index is 11.1. The Bertz CT molecular complexity index is 664. The molecule has 3 rings (SSSR count). The normalized spacial score (nSPS) is 12.9. The van der Waals surface area contributed by atoms with Gasteiger partial charge in [0.25, 0.3) is 0 Å². The Hall–Kier alpha value is -2.00. The Labute approximate surface area is 115 Å². The van der Waals surface area contributed by atoms with Gasteiger partial charge in [0.1, 0.15) is 5.75 Å². The molecule has 2 aromatic carbocycles. The van der Waals surface area contributed by atoms with Gasteiger partial charge in [-0.2, -0.15) is 0 Å². The fourth-order valence-electron chi connectivity index (χ4n) is 2.31. The van der Waals surface area contributed by atoms with Crippen LogP contribution >= 0.6 is 11.6 Å². The van der Waals surface area contributed by atoms with Crippen LogP contribution in [0.1, 0.15) is 15.9 Å². The zero-order valence-electron chi connectivity index (χ0n) is 10.0. The number of fused-ring (bicyclic) bond motifs is 1. The lowest BCUT2D eigenvalue weighted by Gasteiger charge is -2.09. The van der Waals surface area contributed by atoms with E-state index in [-0.39, 0.29) is 5.56 Å². The third kappa shape index (κ3) is 2.17. The summed E-state index contributed by atoms with van der Waals surface area (Å²) < 4.78 is 5.63. The van der Waals surface area contributed by atoms with Crippen LogP contribution < -0.4 is 4.74 Å². The summed E-state index contributed by atoms with van der Waals surface area (Å²) >= 11 is 5.99. The maximum Gasteiger partial charge on any atom is 0.335 e. The number of carbonyl (C=O) groups is 1. The van der Waals surface area contributed by atoms with Crippen LogP contribution in [-0.4, -0.2) is 17.7 Å². The highest BCUT2D eigenvalue weighted by molar-refractivity contribution is 6.31. The van der Waals surface area contributed by atoms with Gasteiger partial charge >= 0.3 is 5.97 Å². The highest BCUT2D eigenvalue weighted by atomic mass is 35.5. The summed E-state index contributed by atoms with van der Waals surface area (Å²) in [6.07, 6.45) is 0.884. The minimum absolute atomic E-state index is 0.179. The molecule has 2 aromatic rings. The van der Waals surface area contributed by atoms with Crippen LogP contribution in [0.2, 0.25) is 5.02 Å². The molecule has 0 aromatic heterocycles.